The first-order chi connectivity index (χ1) is 7.29. The highest BCUT2D eigenvalue weighted by molar-refractivity contribution is 8.00. The molecule has 0 fully saturated rings. The highest BCUT2D eigenvalue weighted by Crippen LogP contribution is 2.28. The minimum Gasteiger partial charge on any atom is -0.395 e. The van der Waals surface area contributed by atoms with Gasteiger partial charge in [-0.3, -0.25) is 0 Å². The Bertz CT molecular complexity index is 335. The normalized spacial score (nSPS) is 17.2. The molecule has 1 N–H and O–H groups in total. The highest BCUT2D eigenvalue weighted by atomic mass is 32.2. The van der Waals surface area contributed by atoms with Crippen molar-refractivity contribution in [3.05, 3.63) is 29.3 Å². The lowest BCUT2D eigenvalue weighted by atomic mass is 9.92. The number of hydrogen-bond acceptors (Lipinski definition) is 2. The fourth-order valence-corrected chi connectivity index (χ4v) is 2.95. The zero-order valence-corrected chi connectivity index (χ0v) is 10.0. The van der Waals surface area contributed by atoms with Gasteiger partial charge in [0.2, 0.25) is 0 Å². The average Bonchev–Trinajstić information content (AvgIpc) is 2.29. The van der Waals surface area contributed by atoms with E-state index in [1.54, 1.807) is 11.8 Å². The fourth-order valence-electron chi connectivity index (χ4n) is 2.05. The molecule has 1 atom stereocenters. The van der Waals surface area contributed by atoms with Gasteiger partial charge in [0.15, 0.2) is 0 Å². The van der Waals surface area contributed by atoms with Crippen LogP contribution >= 0.6 is 11.8 Å². The SMILES string of the molecule is CC(CO)Sc1ccc2c(c1)CCCC2. The van der Waals surface area contributed by atoms with Crippen molar-refractivity contribution in [2.24, 2.45) is 0 Å². The molecular weight excluding hydrogens is 204 g/mol. The third-order valence-electron chi connectivity index (χ3n) is 2.91. The maximum absolute atomic E-state index is 9.01. The summed E-state index contributed by atoms with van der Waals surface area (Å²) >= 11 is 1.77. The first-order valence-corrected chi connectivity index (χ1v) is 6.57. The molecule has 0 bridgehead atoms. The molecule has 2 heteroatoms. The molecule has 0 radical (unpaired) electrons. The van der Waals surface area contributed by atoms with Crippen molar-refractivity contribution in [1.29, 1.82) is 0 Å². The first kappa shape index (κ1) is 11.0. The van der Waals surface area contributed by atoms with E-state index in [4.69, 9.17) is 5.11 Å². The third-order valence-corrected chi connectivity index (χ3v) is 3.99. The molecule has 0 spiro atoms. The predicted octanol–water partition coefficient (Wildman–Crippen LogP) is 3.04. The topological polar surface area (TPSA) is 20.2 Å². The monoisotopic (exact) mass is 222 g/mol. The largest absolute Gasteiger partial charge is 0.395 e. The standard InChI is InChI=1S/C13H18OS/c1-10(9-14)15-13-7-6-11-4-2-3-5-12(11)8-13/h6-8,10,14H,2-5,9H2,1H3. The third kappa shape index (κ3) is 2.76. The van der Waals surface area contributed by atoms with Gasteiger partial charge in [0.05, 0.1) is 6.61 Å². The van der Waals surface area contributed by atoms with Gasteiger partial charge in [-0.15, -0.1) is 11.8 Å². The van der Waals surface area contributed by atoms with E-state index in [-0.39, 0.29) is 6.61 Å². The summed E-state index contributed by atoms with van der Waals surface area (Å²) in [4.78, 5) is 1.30. The van der Waals surface area contributed by atoms with Crippen LogP contribution in [0.3, 0.4) is 0 Å². The summed E-state index contributed by atoms with van der Waals surface area (Å²) in [6.07, 6.45) is 5.15. The molecule has 1 aromatic carbocycles. The Balaban J connectivity index is 2.13. The van der Waals surface area contributed by atoms with Crippen LogP contribution in [-0.2, 0) is 12.8 Å². The average molecular weight is 222 g/mol. The lowest BCUT2D eigenvalue weighted by Crippen LogP contribution is -2.04. The molecule has 1 aliphatic rings. The van der Waals surface area contributed by atoms with Crippen molar-refractivity contribution in [1.82, 2.24) is 0 Å². The Labute approximate surface area is 95.9 Å². The van der Waals surface area contributed by atoms with Crippen LogP contribution < -0.4 is 0 Å². The van der Waals surface area contributed by atoms with Gasteiger partial charge in [-0.25, -0.2) is 0 Å². The quantitative estimate of drug-likeness (QED) is 0.793. The number of aliphatic hydroxyl groups is 1. The first-order valence-electron chi connectivity index (χ1n) is 5.69. The van der Waals surface area contributed by atoms with Crippen molar-refractivity contribution in [3.8, 4) is 0 Å². The highest BCUT2D eigenvalue weighted by Gasteiger charge is 2.10. The molecule has 82 valence electrons. The molecule has 0 saturated carbocycles. The van der Waals surface area contributed by atoms with E-state index in [2.05, 4.69) is 25.1 Å². The summed E-state index contributed by atoms with van der Waals surface area (Å²) in [5, 5.41) is 9.31. The molecular formula is C13H18OS. The second kappa shape index (κ2) is 5.04. The van der Waals surface area contributed by atoms with Crippen LogP contribution in [0.4, 0.5) is 0 Å². The molecule has 0 aliphatic heterocycles. The summed E-state index contributed by atoms with van der Waals surface area (Å²) in [5.74, 6) is 0. The van der Waals surface area contributed by atoms with Gasteiger partial charge < -0.3 is 5.11 Å². The fraction of sp³-hybridized carbons (Fsp3) is 0.538. The van der Waals surface area contributed by atoms with Crippen LogP contribution in [0.2, 0.25) is 0 Å². The number of aryl methyl sites for hydroxylation is 2. The van der Waals surface area contributed by atoms with Crippen molar-refractivity contribution in [2.45, 2.75) is 42.8 Å². The summed E-state index contributed by atoms with van der Waals surface area (Å²) in [7, 11) is 0. The van der Waals surface area contributed by atoms with E-state index < -0.39 is 0 Å². The van der Waals surface area contributed by atoms with E-state index in [1.165, 1.54) is 41.7 Å². The van der Waals surface area contributed by atoms with Crippen LogP contribution in [0.5, 0.6) is 0 Å². The number of thioether (sulfide) groups is 1. The molecule has 0 amide bonds. The number of benzene rings is 1. The van der Waals surface area contributed by atoms with E-state index in [1.807, 2.05) is 0 Å². The van der Waals surface area contributed by atoms with E-state index in [0.717, 1.165) is 0 Å². The summed E-state index contributed by atoms with van der Waals surface area (Å²) in [6, 6.07) is 6.77. The molecule has 1 aliphatic carbocycles. The van der Waals surface area contributed by atoms with Gasteiger partial charge in [-0.1, -0.05) is 13.0 Å². The Morgan fingerprint density at radius 3 is 2.73 bits per heavy atom. The van der Waals surface area contributed by atoms with Crippen molar-refractivity contribution in [2.75, 3.05) is 6.61 Å². The molecule has 2 rings (SSSR count). The second-order valence-corrected chi connectivity index (χ2v) is 5.76. The molecule has 15 heavy (non-hydrogen) atoms. The molecule has 1 nitrogen and oxygen atoms in total. The van der Waals surface area contributed by atoms with Gasteiger partial charge in [0.25, 0.3) is 0 Å². The minimum absolute atomic E-state index is 0.252. The van der Waals surface area contributed by atoms with Gasteiger partial charge in [-0.05, 0) is 48.9 Å². The van der Waals surface area contributed by atoms with Crippen LogP contribution in [0, 0.1) is 0 Å². The molecule has 1 aromatic rings. The zero-order valence-electron chi connectivity index (χ0n) is 9.20. The predicted molar refractivity (Wildman–Crippen MR) is 65.5 cm³/mol. The maximum atomic E-state index is 9.01. The lowest BCUT2D eigenvalue weighted by molar-refractivity contribution is 0.300. The molecule has 0 heterocycles. The maximum Gasteiger partial charge on any atom is 0.0550 e. The van der Waals surface area contributed by atoms with E-state index >= 15 is 0 Å². The number of hydrogen-bond donors (Lipinski definition) is 1. The van der Waals surface area contributed by atoms with Gasteiger partial charge in [0, 0.05) is 10.1 Å². The molecule has 0 aromatic heterocycles. The van der Waals surface area contributed by atoms with Crippen molar-refractivity contribution < 1.29 is 5.11 Å². The van der Waals surface area contributed by atoms with E-state index in [0.29, 0.717) is 5.25 Å². The summed E-state index contributed by atoms with van der Waals surface area (Å²) < 4.78 is 0. The Kier molecular flexibility index (Phi) is 3.71. The van der Waals surface area contributed by atoms with Crippen molar-refractivity contribution in [3.63, 3.8) is 0 Å². The van der Waals surface area contributed by atoms with Crippen LogP contribution in [0.15, 0.2) is 23.1 Å². The summed E-state index contributed by atoms with van der Waals surface area (Å²) in [6.45, 7) is 2.31. The van der Waals surface area contributed by atoms with Crippen molar-refractivity contribution >= 4 is 11.8 Å². The zero-order chi connectivity index (χ0) is 10.7. The van der Waals surface area contributed by atoms with Crippen LogP contribution in [0.25, 0.3) is 0 Å². The number of fused-ring (bicyclic) bond motifs is 1. The van der Waals surface area contributed by atoms with Crippen LogP contribution in [0.1, 0.15) is 30.9 Å². The van der Waals surface area contributed by atoms with Crippen LogP contribution in [-0.4, -0.2) is 17.0 Å². The number of rotatable bonds is 3. The Morgan fingerprint density at radius 2 is 2.00 bits per heavy atom. The minimum atomic E-state index is 0.252. The van der Waals surface area contributed by atoms with Gasteiger partial charge in [-0.2, -0.15) is 0 Å². The molecule has 0 saturated heterocycles. The Hall–Kier alpha value is -0.470. The summed E-state index contributed by atoms with van der Waals surface area (Å²) in [5.41, 5.74) is 3.05. The lowest BCUT2D eigenvalue weighted by Gasteiger charge is -2.17. The van der Waals surface area contributed by atoms with E-state index in [9.17, 15) is 0 Å². The van der Waals surface area contributed by atoms with Gasteiger partial charge >= 0.3 is 0 Å². The molecule has 1 unspecified atom stereocenters. The number of aliphatic hydroxyl groups excluding tert-OH is 1. The Morgan fingerprint density at radius 1 is 1.27 bits per heavy atom. The van der Waals surface area contributed by atoms with Gasteiger partial charge in [0.1, 0.15) is 0 Å². The second-order valence-electron chi connectivity index (χ2n) is 4.25. The smallest absolute Gasteiger partial charge is 0.0550 e.